The van der Waals surface area contributed by atoms with E-state index < -0.39 is 329 Å². The van der Waals surface area contributed by atoms with Crippen LogP contribution in [0.5, 0.6) is 0 Å². The van der Waals surface area contributed by atoms with Crippen molar-refractivity contribution in [3.63, 3.8) is 0 Å². The third kappa shape index (κ3) is 17.6. The Balaban J connectivity index is 1.05. The van der Waals surface area contributed by atoms with E-state index in [1.807, 2.05) is 0 Å². The lowest BCUT2D eigenvalue weighted by atomic mass is 9.92. The van der Waals surface area contributed by atoms with Crippen LogP contribution >= 0.6 is 0 Å². The van der Waals surface area contributed by atoms with Gasteiger partial charge in [0.15, 0.2) is 50.3 Å². The molecule has 8 rings (SSSR count). The SMILES string of the molecule is OC[C@H](O[C@H]1O[C@H](CO)[C@@H](O)[C@H](O)[C@H]1O)[C@H]1O[C@H](O)[C@@H](O)[C@@H](O[C@H]2O[C@H]([C@@H](O)CO)[C@@H](O)[C@H](O)[C@@H]2O[C@H]2O[C@H]([C@@H](O)CO)[C@@H](O)[C@H](O)[C@@H]2O)[C@@H]1O[C@@H]1O[C@H](CO[C@H]2O[C@H]([C@@H](CO)O[C@H]3O[C@H]([C@H](O)CO[C@@H]4O[C@H](CO)[C@H](O)[C@H](O)[C@H]4O)[C@@H](O)[C@H](O)[C@@H]3O)[C@@H](O)[C@H](O)[C@@H]2O)[C@@H](O)[C@H](O)[C@H]1O. The third-order valence-corrected chi connectivity index (χ3v) is 18.3. The summed E-state index contributed by atoms with van der Waals surface area (Å²) in [6, 6.07) is 0. The first-order valence-electron chi connectivity index (χ1n) is 31.1. The van der Waals surface area contributed by atoms with Crippen molar-refractivity contribution in [1.29, 1.82) is 0 Å². The lowest BCUT2D eigenvalue weighted by molar-refractivity contribution is -0.410. The Labute approximate surface area is 557 Å². The van der Waals surface area contributed by atoms with Crippen molar-refractivity contribution in [3.05, 3.63) is 0 Å². The molecule has 8 aliphatic rings. The molecule has 0 spiro atoms. The zero-order chi connectivity index (χ0) is 73.2. The van der Waals surface area contributed by atoms with Crippen molar-refractivity contribution in [2.45, 2.75) is 276 Å². The second-order valence-electron chi connectivity index (χ2n) is 24.9. The van der Waals surface area contributed by atoms with Crippen LogP contribution in [0.25, 0.3) is 0 Å². The predicted octanol–water partition coefficient (Wildman–Crippen LogP) is -21.6. The van der Waals surface area contributed by atoms with E-state index in [2.05, 4.69) is 0 Å². The van der Waals surface area contributed by atoms with Gasteiger partial charge in [-0.05, 0) is 0 Å². The standard InChI is InChI=1S/C53H92O46/c54-1-9(60)38-26(72)23(69)36(82)52(93-38)98-44-30(76)29(75)39(10(61)2-55)95-53(44)97-43-37(83)46(84)92-42(15(6-59)90-49-33(79)21(67)18(64)13(4-57)88-49)45(43)99-51-34(80)22(68)19(65)16(91-51)8-86-48-32(78)25(71)28(74)41(96-48)14(5-58)89-50-35(81)24(70)27(73)40(94-50)11(62)7-85-47-31(77)20(66)17(63)12(3-56)87-47/h9-84H,1-8H2/t9-,10-,11+,12+,13+,14+,15-,16+,17-,18+,19+,20-,21-,22-,23-,24-,25-,26-,27-,28-,29-,30-,31+,32-,33+,34+,35-,36-,37-,38+,39+,40+,41+,42+,43+,44-,45+,46-,47+,48-,49+,50-,51-,52+,53+/m0/s1. The van der Waals surface area contributed by atoms with Gasteiger partial charge in [0.25, 0.3) is 0 Å². The molecule has 46 heteroatoms. The van der Waals surface area contributed by atoms with E-state index in [-0.39, 0.29) is 0 Å². The summed E-state index contributed by atoms with van der Waals surface area (Å²) in [5.74, 6) is 0. The molecule has 0 saturated carbocycles. The second kappa shape index (κ2) is 35.7. The summed E-state index contributed by atoms with van der Waals surface area (Å²) in [4.78, 5) is 0. The van der Waals surface area contributed by atoms with E-state index in [0.29, 0.717) is 0 Å². The van der Waals surface area contributed by atoms with Gasteiger partial charge in [-0.2, -0.15) is 0 Å². The van der Waals surface area contributed by atoms with Crippen molar-refractivity contribution in [2.24, 2.45) is 0 Å². The van der Waals surface area contributed by atoms with Gasteiger partial charge in [-0.25, -0.2) is 0 Å². The monoisotopic (exact) mass is 1460 g/mol. The van der Waals surface area contributed by atoms with Gasteiger partial charge in [-0.15, -0.1) is 0 Å². The Hall–Kier alpha value is -1.84. The van der Waals surface area contributed by atoms with Gasteiger partial charge in [0.2, 0.25) is 0 Å². The maximum Gasteiger partial charge on any atom is 0.187 e. The molecule has 0 aromatic rings. The molecule has 31 N–H and O–H groups in total. The summed E-state index contributed by atoms with van der Waals surface area (Å²) in [5.41, 5.74) is 0. The second-order valence-corrected chi connectivity index (χ2v) is 24.9. The minimum atomic E-state index is -2.61. The van der Waals surface area contributed by atoms with Crippen molar-refractivity contribution in [1.82, 2.24) is 0 Å². The van der Waals surface area contributed by atoms with Crippen LogP contribution in [0.2, 0.25) is 0 Å². The normalized spacial score (nSPS) is 51.1. The highest BCUT2D eigenvalue weighted by Crippen LogP contribution is 2.39. The van der Waals surface area contributed by atoms with Crippen molar-refractivity contribution in [3.8, 4) is 0 Å². The number of rotatable bonds is 27. The molecule has 0 aromatic carbocycles. The zero-order valence-electron chi connectivity index (χ0n) is 51.6. The van der Waals surface area contributed by atoms with Crippen LogP contribution < -0.4 is 0 Å². The van der Waals surface area contributed by atoms with Crippen LogP contribution in [0.1, 0.15) is 0 Å². The van der Waals surface area contributed by atoms with E-state index >= 15 is 0 Å². The predicted molar refractivity (Wildman–Crippen MR) is 294 cm³/mol. The Morgan fingerprint density at radius 2 is 0.596 bits per heavy atom. The zero-order valence-corrected chi connectivity index (χ0v) is 51.6. The molecule has 0 amide bonds. The molecule has 0 unspecified atom stereocenters. The summed E-state index contributed by atoms with van der Waals surface area (Å²) in [7, 11) is 0. The van der Waals surface area contributed by atoms with Crippen molar-refractivity contribution in [2.75, 3.05) is 52.9 Å². The summed E-state index contributed by atoms with van der Waals surface area (Å²) in [6.07, 6.45) is -99.5. The van der Waals surface area contributed by atoms with Crippen LogP contribution in [-0.4, -0.2) is 487 Å². The molecule has 99 heavy (non-hydrogen) atoms. The number of aliphatic hydroxyl groups is 31. The summed E-state index contributed by atoms with van der Waals surface area (Å²) < 4.78 is 84.8. The van der Waals surface area contributed by atoms with Gasteiger partial charge in [0.1, 0.15) is 226 Å². The van der Waals surface area contributed by atoms with Crippen LogP contribution in [-0.2, 0) is 71.1 Å². The lowest BCUT2D eigenvalue weighted by Crippen LogP contribution is -2.70. The first-order valence-corrected chi connectivity index (χ1v) is 31.1. The summed E-state index contributed by atoms with van der Waals surface area (Å²) >= 11 is 0. The summed E-state index contributed by atoms with van der Waals surface area (Å²) in [5, 5.41) is 334. The minimum Gasteiger partial charge on any atom is -0.394 e. The molecular formula is C53H92O46. The van der Waals surface area contributed by atoms with Gasteiger partial charge in [-0.1, -0.05) is 0 Å². The van der Waals surface area contributed by atoms with E-state index in [1.54, 1.807) is 0 Å². The minimum absolute atomic E-state index is 0.867. The maximum atomic E-state index is 11.8. The molecule has 8 heterocycles. The van der Waals surface area contributed by atoms with Crippen molar-refractivity contribution < 1.29 is 229 Å². The van der Waals surface area contributed by atoms with E-state index in [0.717, 1.165) is 0 Å². The van der Waals surface area contributed by atoms with Crippen LogP contribution in [0.3, 0.4) is 0 Å². The highest BCUT2D eigenvalue weighted by molar-refractivity contribution is 5.03. The third-order valence-electron chi connectivity index (χ3n) is 18.3. The Bertz CT molecular complexity index is 2400. The largest absolute Gasteiger partial charge is 0.394 e. The average Bonchev–Trinajstić information content (AvgIpc) is 0.765. The molecule has 8 aliphatic heterocycles. The number of ether oxygens (including phenoxy) is 15. The van der Waals surface area contributed by atoms with Crippen LogP contribution in [0.4, 0.5) is 0 Å². The number of aliphatic hydroxyl groups excluding tert-OH is 31. The van der Waals surface area contributed by atoms with Crippen molar-refractivity contribution >= 4 is 0 Å². The van der Waals surface area contributed by atoms with Crippen LogP contribution in [0, 0.1) is 0 Å². The molecule has 0 aliphatic carbocycles. The van der Waals surface area contributed by atoms with Gasteiger partial charge in [0.05, 0.1) is 52.9 Å². The number of hydrogen-bond acceptors (Lipinski definition) is 46. The molecule has 0 aromatic heterocycles. The fourth-order valence-corrected chi connectivity index (χ4v) is 12.3. The summed E-state index contributed by atoms with van der Waals surface area (Å²) in [6.45, 7) is -9.08. The number of hydrogen-bond donors (Lipinski definition) is 31. The molecule has 0 bridgehead atoms. The fourth-order valence-electron chi connectivity index (χ4n) is 12.3. The molecule has 0 radical (unpaired) electrons. The van der Waals surface area contributed by atoms with E-state index in [4.69, 9.17) is 71.1 Å². The molecule has 8 saturated heterocycles. The van der Waals surface area contributed by atoms with Gasteiger partial charge < -0.3 is 229 Å². The smallest absolute Gasteiger partial charge is 0.187 e. The Morgan fingerprint density at radius 3 is 1.09 bits per heavy atom. The first kappa shape index (κ1) is 82.8. The van der Waals surface area contributed by atoms with Gasteiger partial charge in [0, 0.05) is 0 Å². The Kier molecular flexibility index (Phi) is 29.9. The van der Waals surface area contributed by atoms with E-state index in [9.17, 15) is 158 Å². The topological polar surface area (TPSA) is 766 Å². The lowest BCUT2D eigenvalue weighted by Gasteiger charge is -2.51. The van der Waals surface area contributed by atoms with Crippen LogP contribution in [0.15, 0.2) is 0 Å². The van der Waals surface area contributed by atoms with Gasteiger partial charge in [-0.3, -0.25) is 0 Å². The van der Waals surface area contributed by atoms with Gasteiger partial charge >= 0.3 is 0 Å². The Morgan fingerprint density at radius 1 is 0.253 bits per heavy atom. The quantitative estimate of drug-likeness (QED) is 0.0363. The average molecular weight is 1470 g/mol. The molecular weight excluding hydrogens is 1370 g/mol. The van der Waals surface area contributed by atoms with E-state index in [1.165, 1.54) is 0 Å². The molecule has 45 atom stereocenters. The molecule has 46 nitrogen and oxygen atoms in total. The maximum absolute atomic E-state index is 11.8. The molecule has 580 valence electrons. The first-order chi connectivity index (χ1) is 46.7. The highest BCUT2D eigenvalue weighted by Gasteiger charge is 2.60. The fraction of sp³-hybridized carbons (Fsp3) is 1.00. The highest BCUT2D eigenvalue weighted by atomic mass is 16.8. The molecule has 8 fully saturated rings.